The zero-order valence-electron chi connectivity index (χ0n) is 10.7. The van der Waals surface area contributed by atoms with Crippen molar-refractivity contribution >= 4 is 5.97 Å². The Balaban J connectivity index is 2.44. The van der Waals surface area contributed by atoms with Gasteiger partial charge in [0.25, 0.3) is 0 Å². The first kappa shape index (κ1) is 13.8. The van der Waals surface area contributed by atoms with Crippen molar-refractivity contribution in [2.45, 2.75) is 37.0 Å². The molecule has 1 aromatic rings. The lowest BCUT2D eigenvalue weighted by molar-refractivity contribution is -0.149. The number of para-hydroxylation sites is 1. The summed E-state index contributed by atoms with van der Waals surface area (Å²) in [5.74, 6) is -3.39. The van der Waals surface area contributed by atoms with Crippen LogP contribution in [0.5, 0.6) is 5.75 Å². The maximum atomic E-state index is 13.3. The summed E-state index contributed by atoms with van der Waals surface area (Å²) in [5, 5.41) is 9.53. The van der Waals surface area contributed by atoms with Gasteiger partial charge >= 0.3 is 5.97 Å². The Morgan fingerprint density at radius 2 is 1.79 bits per heavy atom. The van der Waals surface area contributed by atoms with Crippen molar-refractivity contribution in [1.29, 1.82) is 0 Å². The van der Waals surface area contributed by atoms with E-state index in [1.807, 2.05) is 0 Å². The normalized spacial score (nSPS) is 20.8. The van der Waals surface area contributed by atoms with Crippen LogP contribution in [-0.4, -0.2) is 24.1 Å². The number of carboxylic acid groups (broad SMARTS) is 1. The van der Waals surface area contributed by atoms with Gasteiger partial charge in [-0.1, -0.05) is 18.2 Å². The molecule has 0 radical (unpaired) electrons. The fourth-order valence-electron chi connectivity index (χ4n) is 2.68. The van der Waals surface area contributed by atoms with E-state index in [0.29, 0.717) is 11.3 Å². The molecule has 1 fully saturated rings. The third-order valence-corrected chi connectivity index (χ3v) is 3.87. The first-order valence-corrected chi connectivity index (χ1v) is 6.16. The Labute approximate surface area is 110 Å². The van der Waals surface area contributed by atoms with Gasteiger partial charge in [-0.05, 0) is 18.9 Å². The van der Waals surface area contributed by atoms with Crippen LogP contribution in [0, 0.1) is 0 Å². The lowest BCUT2D eigenvalue weighted by Gasteiger charge is -2.37. The van der Waals surface area contributed by atoms with Gasteiger partial charge in [0.05, 0.1) is 12.5 Å². The van der Waals surface area contributed by atoms with E-state index in [1.165, 1.54) is 7.11 Å². The molecule has 0 heterocycles. The number of carbonyl (C=O) groups is 1. The van der Waals surface area contributed by atoms with Crippen molar-refractivity contribution in [3.05, 3.63) is 29.8 Å². The molecule has 1 aliphatic carbocycles. The average molecular weight is 270 g/mol. The number of benzene rings is 1. The van der Waals surface area contributed by atoms with Crippen molar-refractivity contribution in [3.8, 4) is 5.75 Å². The van der Waals surface area contributed by atoms with Gasteiger partial charge in [0, 0.05) is 18.4 Å². The molecule has 0 bridgehead atoms. The van der Waals surface area contributed by atoms with E-state index in [4.69, 9.17) is 4.74 Å². The highest BCUT2D eigenvalue weighted by Crippen LogP contribution is 2.47. The van der Waals surface area contributed by atoms with E-state index in [1.54, 1.807) is 24.3 Å². The lowest BCUT2D eigenvalue weighted by atomic mass is 9.68. The van der Waals surface area contributed by atoms with Crippen molar-refractivity contribution in [2.24, 2.45) is 0 Å². The standard InChI is InChI=1S/C14H16F2O3/c1-19-11-5-3-2-4-10(11)13(12(17)18)6-8-14(15,16)9-7-13/h2-5H,6-9H2,1H3,(H,17,18). The molecule has 2 rings (SSSR count). The van der Waals surface area contributed by atoms with Crippen molar-refractivity contribution < 1.29 is 23.4 Å². The maximum absolute atomic E-state index is 13.3. The molecular weight excluding hydrogens is 254 g/mol. The number of halogens is 2. The fourth-order valence-corrected chi connectivity index (χ4v) is 2.68. The number of alkyl halides is 2. The van der Waals surface area contributed by atoms with Crippen LogP contribution in [0.4, 0.5) is 8.78 Å². The third-order valence-electron chi connectivity index (χ3n) is 3.87. The van der Waals surface area contributed by atoms with Gasteiger partial charge in [0.2, 0.25) is 5.92 Å². The summed E-state index contributed by atoms with van der Waals surface area (Å²) in [6.45, 7) is 0. The van der Waals surface area contributed by atoms with Crippen LogP contribution in [-0.2, 0) is 10.2 Å². The number of hydrogen-bond donors (Lipinski definition) is 1. The predicted molar refractivity (Wildman–Crippen MR) is 65.7 cm³/mol. The Morgan fingerprint density at radius 1 is 1.21 bits per heavy atom. The van der Waals surface area contributed by atoms with Gasteiger partial charge in [-0.15, -0.1) is 0 Å². The van der Waals surface area contributed by atoms with Gasteiger partial charge < -0.3 is 9.84 Å². The largest absolute Gasteiger partial charge is 0.496 e. The van der Waals surface area contributed by atoms with Crippen LogP contribution in [0.15, 0.2) is 24.3 Å². The quantitative estimate of drug-likeness (QED) is 0.917. The SMILES string of the molecule is COc1ccccc1C1(C(=O)O)CCC(F)(F)CC1. The highest BCUT2D eigenvalue weighted by molar-refractivity contribution is 5.82. The summed E-state index contributed by atoms with van der Waals surface area (Å²) in [4.78, 5) is 11.7. The minimum atomic E-state index is -2.76. The van der Waals surface area contributed by atoms with Gasteiger partial charge in [0.1, 0.15) is 5.75 Å². The number of rotatable bonds is 3. The molecule has 5 heteroatoms. The minimum absolute atomic E-state index is 0.0737. The molecule has 3 nitrogen and oxygen atoms in total. The molecule has 0 atom stereocenters. The highest BCUT2D eigenvalue weighted by atomic mass is 19.3. The number of carboxylic acids is 1. The monoisotopic (exact) mass is 270 g/mol. The van der Waals surface area contributed by atoms with Crippen LogP contribution >= 0.6 is 0 Å². The molecule has 19 heavy (non-hydrogen) atoms. The van der Waals surface area contributed by atoms with Gasteiger partial charge in [-0.3, -0.25) is 4.79 Å². The van der Waals surface area contributed by atoms with E-state index in [2.05, 4.69) is 0 Å². The Bertz CT molecular complexity index is 475. The molecule has 0 saturated heterocycles. The molecule has 1 saturated carbocycles. The van der Waals surface area contributed by atoms with E-state index in [0.717, 1.165) is 0 Å². The van der Waals surface area contributed by atoms with Gasteiger partial charge in [-0.25, -0.2) is 8.78 Å². The maximum Gasteiger partial charge on any atom is 0.314 e. The molecule has 1 aromatic carbocycles. The molecule has 0 unspecified atom stereocenters. The molecule has 0 spiro atoms. The molecule has 0 aliphatic heterocycles. The summed E-state index contributed by atoms with van der Waals surface area (Å²) in [5.41, 5.74) is -0.783. The molecular formula is C14H16F2O3. The predicted octanol–water partition coefficient (Wildman–Crippen LogP) is 3.23. The van der Waals surface area contributed by atoms with Crippen LogP contribution < -0.4 is 4.74 Å². The zero-order chi connectivity index (χ0) is 14.1. The lowest BCUT2D eigenvalue weighted by Crippen LogP contribution is -2.42. The molecule has 1 aliphatic rings. The smallest absolute Gasteiger partial charge is 0.314 e. The topological polar surface area (TPSA) is 46.5 Å². The van der Waals surface area contributed by atoms with Crippen molar-refractivity contribution in [1.82, 2.24) is 0 Å². The minimum Gasteiger partial charge on any atom is -0.496 e. The zero-order valence-corrected chi connectivity index (χ0v) is 10.7. The summed E-state index contributed by atoms with van der Waals surface area (Å²) in [6.07, 6.45) is -0.958. The van der Waals surface area contributed by atoms with Crippen molar-refractivity contribution in [2.75, 3.05) is 7.11 Å². The Hall–Kier alpha value is -1.65. The molecule has 104 valence electrons. The summed E-state index contributed by atoms with van der Waals surface area (Å²) >= 11 is 0. The van der Waals surface area contributed by atoms with E-state index in [-0.39, 0.29) is 12.8 Å². The van der Waals surface area contributed by atoms with Crippen LogP contribution in [0.3, 0.4) is 0 Å². The molecule has 0 amide bonds. The van der Waals surface area contributed by atoms with Crippen LogP contribution in [0.1, 0.15) is 31.2 Å². The second-order valence-corrected chi connectivity index (χ2v) is 4.94. The second-order valence-electron chi connectivity index (χ2n) is 4.94. The summed E-state index contributed by atoms with van der Waals surface area (Å²) < 4.78 is 31.7. The van der Waals surface area contributed by atoms with Gasteiger partial charge in [0.15, 0.2) is 0 Å². The number of ether oxygens (including phenoxy) is 1. The second kappa shape index (κ2) is 4.79. The Kier molecular flexibility index (Phi) is 3.47. The summed E-state index contributed by atoms with van der Waals surface area (Å²) in [6, 6.07) is 6.74. The highest BCUT2D eigenvalue weighted by Gasteiger charge is 2.50. The van der Waals surface area contributed by atoms with E-state index >= 15 is 0 Å². The van der Waals surface area contributed by atoms with Gasteiger partial charge in [-0.2, -0.15) is 0 Å². The Morgan fingerprint density at radius 3 is 2.32 bits per heavy atom. The molecule has 0 aromatic heterocycles. The van der Waals surface area contributed by atoms with E-state index in [9.17, 15) is 18.7 Å². The average Bonchev–Trinajstić information content (AvgIpc) is 2.39. The van der Waals surface area contributed by atoms with Crippen LogP contribution in [0.2, 0.25) is 0 Å². The first-order valence-electron chi connectivity index (χ1n) is 6.16. The number of aliphatic carboxylic acids is 1. The third kappa shape index (κ3) is 2.41. The first-order chi connectivity index (χ1) is 8.91. The number of hydrogen-bond acceptors (Lipinski definition) is 2. The van der Waals surface area contributed by atoms with Crippen molar-refractivity contribution in [3.63, 3.8) is 0 Å². The fraction of sp³-hybridized carbons (Fsp3) is 0.500. The van der Waals surface area contributed by atoms with E-state index < -0.39 is 30.1 Å². The van der Waals surface area contributed by atoms with Crippen LogP contribution in [0.25, 0.3) is 0 Å². The summed E-state index contributed by atoms with van der Waals surface area (Å²) in [7, 11) is 1.45. The number of methoxy groups -OCH3 is 1. The molecule has 1 N–H and O–H groups in total.